The second-order valence-electron chi connectivity index (χ2n) is 10.3. The summed E-state index contributed by atoms with van der Waals surface area (Å²) < 4.78 is 54.9. The lowest BCUT2D eigenvalue weighted by Crippen LogP contribution is -2.25. The minimum absolute atomic E-state index is 0.0446. The van der Waals surface area contributed by atoms with Crippen LogP contribution in [0.25, 0.3) is 11.1 Å². The fourth-order valence-corrected chi connectivity index (χ4v) is 5.47. The molecule has 0 radical (unpaired) electrons. The Morgan fingerprint density at radius 2 is 1.57 bits per heavy atom. The molecule has 1 saturated carbocycles. The molecular weight excluding hydrogens is 477 g/mol. The van der Waals surface area contributed by atoms with Crippen LogP contribution in [0.2, 0.25) is 0 Å². The molecule has 3 aromatic rings. The number of epoxide rings is 1. The standard InChI is InChI=1S/C31H33F3O3/c1-2-3-27(35)22-10-8-21(9-11-22)24-14-15-28(31(34)30(24)33)36-17-19-4-6-20(7-5-19)23-12-13-25(26(32)16-23)29-18-37-29/h4-7,12-16,21-22,27,29,35H,2-3,8-11,17-18H2,1H3. The van der Waals surface area contributed by atoms with Crippen LogP contribution in [0.5, 0.6) is 5.75 Å². The lowest BCUT2D eigenvalue weighted by Gasteiger charge is -2.32. The maximum Gasteiger partial charge on any atom is 0.200 e. The number of aliphatic hydroxyl groups excluding tert-OH is 1. The Balaban J connectivity index is 1.19. The monoisotopic (exact) mass is 510 g/mol. The molecule has 1 heterocycles. The molecule has 2 aliphatic rings. The van der Waals surface area contributed by atoms with Crippen LogP contribution < -0.4 is 4.74 Å². The Bertz CT molecular complexity index is 1220. The van der Waals surface area contributed by atoms with Crippen LogP contribution in [0.3, 0.4) is 0 Å². The van der Waals surface area contributed by atoms with Crippen molar-refractivity contribution in [1.29, 1.82) is 0 Å². The van der Waals surface area contributed by atoms with Gasteiger partial charge in [0.15, 0.2) is 11.6 Å². The summed E-state index contributed by atoms with van der Waals surface area (Å²) in [5.41, 5.74) is 3.37. The Morgan fingerprint density at radius 3 is 2.22 bits per heavy atom. The van der Waals surface area contributed by atoms with E-state index in [1.54, 1.807) is 12.1 Å². The van der Waals surface area contributed by atoms with Gasteiger partial charge in [-0.15, -0.1) is 0 Å². The normalized spacial score (nSPS) is 22.0. The molecule has 3 aromatic carbocycles. The van der Waals surface area contributed by atoms with Gasteiger partial charge in [-0.3, -0.25) is 0 Å². The third kappa shape index (κ3) is 5.86. The number of rotatable bonds is 9. The largest absolute Gasteiger partial charge is 0.486 e. The zero-order chi connectivity index (χ0) is 25.9. The number of aliphatic hydroxyl groups is 1. The molecule has 1 aliphatic carbocycles. The summed E-state index contributed by atoms with van der Waals surface area (Å²) in [7, 11) is 0. The predicted molar refractivity (Wildman–Crippen MR) is 137 cm³/mol. The van der Waals surface area contributed by atoms with Gasteiger partial charge >= 0.3 is 0 Å². The lowest BCUT2D eigenvalue weighted by molar-refractivity contribution is 0.0727. The molecule has 2 unspecified atom stereocenters. The van der Waals surface area contributed by atoms with E-state index in [-0.39, 0.29) is 42.2 Å². The number of ether oxygens (including phenoxy) is 2. The topological polar surface area (TPSA) is 42.0 Å². The third-order valence-corrected chi connectivity index (χ3v) is 7.78. The molecule has 5 rings (SSSR count). The predicted octanol–water partition coefficient (Wildman–Crippen LogP) is 7.86. The summed E-state index contributed by atoms with van der Waals surface area (Å²) >= 11 is 0. The molecule has 37 heavy (non-hydrogen) atoms. The average molecular weight is 511 g/mol. The van der Waals surface area contributed by atoms with Crippen LogP contribution in [0.4, 0.5) is 13.2 Å². The molecule has 3 nitrogen and oxygen atoms in total. The van der Waals surface area contributed by atoms with Crippen molar-refractivity contribution in [3.05, 3.63) is 88.7 Å². The highest BCUT2D eigenvalue weighted by molar-refractivity contribution is 5.64. The fraction of sp³-hybridized carbons (Fsp3) is 0.419. The van der Waals surface area contributed by atoms with Crippen molar-refractivity contribution in [2.45, 2.75) is 70.2 Å². The molecular formula is C31H33F3O3. The molecule has 1 saturated heterocycles. The molecule has 0 spiro atoms. The van der Waals surface area contributed by atoms with E-state index in [0.29, 0.717) is 17.7 Å². The van der Waals surface area contributed by atoms with Gasteiger partial charge in [0.1, 0.15) is 18.5 Å². The summed E-state index contributed by atoms with van der Waals surface area (Å²) in [6, 6.07) is 15.6. The van der Waals surface area contributed by atoms with Gasteiger partial charge in [-0.05, 0) is 78.3 Å². The Labute approximate surface area is 216 Å². The molecule has 196 valence electrons. The van der Waals surface area contributed by atoms with Crippen molar-refractivity contribution in [3.8, 4) is 16.9 Å². The van der Waals surface area contributed by atoms with Crippen molar-refractivity contribution >= 4 is 0 Å². The van der Waals surface area contributed by atoms with E-state index in [2.05, 4.69) is 6.92 Å². The van der Waals surface area contributed by atoms with E-state index in [1.165, 1.54) is 12.1 Å². The summed E-state index contributed by atoms with van der Waals surface area (Å²) in [5.74, 6) is -2.00. The SMILES string of the molecule is CCCC(O)C1CCC(c2ccc(OCc3ccc(-c4ccc(C5CO5)c(F)c4)cc3)c(F)c2F)CC1. The minimum atomic E-state index is -0.961. The van der Waals surface area contributed by atoms with Gasteiger partial charge in [-0.2, -0.15) is 4.39 Å². The van der Waals surface area contributed by atoms with E-state index >= 15 is 0 Å². The van der Waals surface area contributed by atoms with Gasteiger partial charge in [0.2, 0.25) is 5.82 Å². The zero-order valence-electron chi connectivity index (χ0n) is 21.1. The number of hydrogen-bond donors (Lipinski definition) is 1. The van der Waals surface area contributed by atoms with Crippen molar-refractivity contribution in [2.24, 2.45) is 5.92 Å². The smallest absolute Gasteiger partial charge is 0.200 e. The number of hydrogen-bond acceptors (Lipinski definition) is 3. The van der Waals surface area contributed by atoms with Crippen molar-refractivity contribution in [2.75, 3.05) is 6.61 Å². The summed E-state index contributed by atoms with van der Waals surface area (Å²) in [6.45, 7) is 2.70. The van der Waals surface area contributed by atoms with Crippen LogP contribution >= 0.6 is 0 Å². The van der Waals surface area contributed by atoms with Gasteiger partial charge in [0.05, 0.1) is 12.7 Å². The maximum atomic E-state index is 15.0. The van der Waals surface area contributed by atoms with E-state index in [4.69, 9.17) is 9.47 Å². The first kappa shape index (κ1) is 25.8. The molecule has 2 atom stereocenters. The average Bonchev–Trinajstić information content (AvgIpc) is 3.75. The molecule has 0 amide bonds. The maximum absolute atomic E-state index is 15.0. The summed E-state index contributed by atoms with van der Waals surface area (Å²) in [4.78, 5) is 0. The van der Waals surface area contributed by atoms with Crippen LogP contribution in [0.15, 0.2) is 54.6 Å². The lowest BCUT2D eigenvalue weighted by atomic mass is 9.76. The molecule has 1 aliphatic heterocycles. The van der Waals surface area contributed by atoms with Gasteiger partial charge < -0.3 is 14.6 Å². The fourth-order valence-electron chi connectivity index (χ4n) is 5.47. The van der Waals surface area contributed by atoms with Gasteiger partial charge in [0.25, 0.3) is 0 Å². The van der Waals surface area contributed by atoms with Gasteiger partial charge in [-0.25, -0.2) is 8.78 Å². The van der Waals surface area contributed by atoms with Crippen LogP contribution in [0, 0.1) is 23.4 Å². The first-order valence-electron chi connectivity index (χ1n) is 13.2. The highest BCUT2D eigenvalue weighted by Gasteiger charge is 2.30. The van der Waals surface area contributed by atoms with E-state index < -0.39 is 11.6 Å². The Morgan fingerprint density at radius 1 is 0.892 bits per heavy atom. The number of benzene rings is 3. The van der Waals surface area contributed by atoms with Crippen molar-refractivity contribution in [3.63, 3.8) is 0 Å². The third-order valence-electron chi connectivity index (χ3n) is 7.78. The zero-order valence-corrected chi connectivity index (χ0v) is 21.1. The van der Waals surface area contributed by atoms with Crippen molar-refractivity contribution in [1.82, 2.24) is 0 Å². The number of halogens is 3. The van der Waals surface area contributed by atoms with Crippen LogP contribution in [-0.2, 0) is 11.3 Å². The van der Waals surface area contributed by atoms with Gasteiger partial charge in [0, 0.05) is 5.56 Å². The first-order chi connectivity index (χ1) is 17.9. The summed E-state index contributed by atoms with van der Waals surface area (Å²) in [6.07, 6.45) is 4.44. The Hall–Kier alpha value is -2.83. The first-order valence-corrected chi connectivity index (χ1v) is 13.2. The minimum Gasteiger partial charge on any atom is -0.486 e. The molecule has 2 fully saturated rings. The van der Waals surface area contributed by atoms with Crippen molar-refractivity contribution < 1.29 is 27.8 Å². The summed E-state index contributed by atoms with van der Waals surface area (Å²) in [5, 5.41) is 10.3. The molecule has 1 N–H and O–H groups in total. The highest BCUT2D eigenvalue weighted by Crippen LogP contribution is 2.40. The van der Waals surface area contributed by atoms with E-state index in [9.17, 15) is 18.3 Å². The highest BCUT2D eigenvalue weighted by atomic mass is 19.2. The van der Waals surface area contributed by atoms with Crippen LogP contribution in [0.1, 0.15) is 74.2 Å². The quantitative estimate of drug-likeness (QED) is 0.298. The molecule has 0 aromatic heterocycles. The Kier molecular flexibility index (Phi) is 7.87. The van der Waals surface area contributed by atoms with E-state index in [0.717, 1.165) is 55.2 Å². The second kappa shape index (κ2) is 11.3. The molecule has 0 bridgehead atoms. The van der Waals surface area contributed by atoms with E-state index in [1.807, 2.05) is 30.3 Å². The molecule has 6 heteroatoms. The van der Waals surface area contributed by atoms with Gasteiger partial charge in [-0.1, -0.05) is 55.8 Å². The second-order valence-corrected chi connectivity index (χ2v) is 10.3. The van der Waals surface area contributed by atoms with Crippen LogP contribution in [-0.4, -0.2) is 17.8 Å².